The SMILES string of the molecule is COc1cccc(NC(=S)N2CCN(c3ccccc3F)CC2)c1. The van der Waals surface area contributed by atoms with E-state index in [2.05, 4.69) is 15.1 Å². The van der Waals surface area contributed by atoms with Crippen LogP contribution in [0.3, 0.4) is 0 Å². The molecule has 126 valence electrons. The summed E-state index contributed by atoms with van der Waals surface area (Å²) in [5.74, 6) is 0.607. The molecule has 1 aliphatic heterocycles. The fourth-order valence-corrected chi connectivity index (χ4v) is 3.06. The van der Waals surface area contributed by atoms with Crippen molar-refractivity contribution < 1.29 is 9.13 Å². The maximum absolute atomic E-state index is 13.9. The van der Waals surface area contributed by atoms with Gasteiger partial charge >= 0.3 is 0 Å². The summed E-state index contributed by atoms with van der Waals surface area (Å²) in [6.45, 7) is 2.98. The maximum Gasteiger partial charge on any atom is 0.173 e. The van der Waals surface area contributed by atoms with Crippen LogP contribution in [-0.4, -0.2) is 43.3 Å². The third-order valence-electron chi connectivity index (χ3n) is 4.08. The number of benzene rings is 2. The monoisotopic (exact) mass is 345 g/mol. The number of ether oxygens (including phenoxy) is 1. The van der Waals surface area contributed by atoms with Gasteiger partial charge in [-0.1, -0.05) is 18.2 Å². The largest absolute Gasteiger partial charge is 0.497 e. The van der Waals surface area contributed by atoms with Gasteiger partial charge in [-0.2, -0.15) is 0 Å². The smallest absolute Gasteiger partial charge is 0.173 e. The Balaban J connectivity index is 1.58. The molecular weight excluding hydrogens is 325 g/mol. The highest BCUT2D eigenvalue weighted by atomic mass is 32.1. The number of hydrogen-bond acceptors (Lipinski definition) is 3. The molecule has 1 heterocycles. The van der Waals surface area contributed by atoms with Crippen LogP contribution in [0.25, 0.3) is 0 Å². The summed E-state index contributed by atoms with van der Waals surface area (Å²) in [5.41, 5.74) is 1.56. The minimum absolute atomic E-state index is 0.178. The van der Waals surface area contributed by atoms with E-state index in [-0.39, 0.29) is 5.82 Å². The Morgan fingerprint density at radius 2 is 1.83 bits per heavy atom. The molecule has 6 heteroatoms. The second-order valence-electron chi connectivity index (χ2n) is 5.59. The predicted molar refractivity (Wildman–Crippen MR) is 99.4 cm³/mol. The molecule has 0 bridgehead atoms. The minimum atomic E-state index is -0.178. The van der Waals surface area contributed by atoms with Crippen LogP contribution in [0.2, 0.25) is 0 Å². The number of nitrogens with zero attached hydrogens (tertiary/aromatic N) is 2. The highest BCUT2D eigenvalue weighted by Gasteiger charge is 2.20. The zero-order chi connectivity index (χ0) is 16.9. The van der Waals surface area contributed by atoms with Gasteiger partial charge in [-0.25, -0.2) is 4.39 Å². The zero-order valence-electron chi connectivity index (χ0n) is 13.5. The highest BCUT2D eigenvalue weighted by Crippen LogP contribution is 2.21. The summed E-state index contributed by atoms with van der Waals surface area (Å²) in [5, 5.41) is 3.91. The first-order valence-electron chi connectivity index (χ1n) is 7.87. The molecule has 2 aromatic carbocycles. The van der Waals surface area contributed by atoms with E-state index in [1.165, 1.54) is 6.07 Å². The maximum atomic E-state index is 13.9. The Labute approximate surface area is 146 Å². The van der Waals surface area contributed by atoms with Crippen LogP contribution in [0, 0.1) is 5.82 Å². The predicted octanol–water partition coefficient (Wildman–Crippen LogP) is 3.35. The van der Waals surface area contributed by atoms with Gasteiger partial charge in [0.25, 0.3) is 0 Å². The molecule has 1 N–H and O–H groups in total. The van der Waals surface area contributed by atoms with Gasteiger partial charge < -0.3 is 19.9 Å². The van der Waals surface area contributed by atoms with Gasteiger partial charge in [0.1, 0.15) is 11.6 Å². The van der Waals surface area contributed by atoms with Gasteiger partial charge in [0, 0.05) is 37.9 Å². The molecule has 0 atom stereocenters. The van der Waals surface area contributed by atoms with Gasteiger partial charge in [-0.05, 0) is 36.5 Å². The molecule has 0 aliphatic carbocycles. The molecule has 0 aromatic heterocycles. The lowest BCUT2D eigenvalue weighted by Gasteiger charge is -2.37. The minimum Gasteiger partial charge on any atom is -0.497 e. The van der Waals surface area contributed by atoms with Crippen LogP contribution in [0.4, 0.5) is 15.8 Å². The van der Waals surface area contributed by atoms with Crippen molar-refractivity contribution in [1.29, 1.82) is 0 Å². The number of rotatable bonds is 3. The summed E-state index contributed by atoms with van der Waals surface area (Å²) < 4.78 is 19.1. The molecular formula is C18H20FN3OS. The second kappa shape index (κ2) is 7.49. The Morgan fingerprint density at radius 3 is 2.54 bits per heavy atom. The summed E-state index contributed by atoms with van der Waals surface area (Å²) in [7, 11) is 1.64. The van der Waals surface area contributed by atoms with Gasteiger partial charge in [-0.15, -0.1) is 0 Å². The normalized spacial score (nSPS) is 14.4. The van der Waals surface area contributed by atoms with E-state index in [1.807, 2.05) is 36.4 Å². The van der Waals surface area contributed by atoms with E-state index >= 15 is 0 Å². The van der Waals surface area contributed by atoms with E-state index in [1.54, 1.807) is 13.2 Å². The number of anilines is 2. The van der Waals surface area contributed by atoms with E-state index in [0.29, 0.717) is 10.8 Å². The van der Waals surface area contributed by atoms with Crippen LogP contribution >= 0.6 is 12.2 Å². The summed E-state index contributed by atoms with van der Waals surface area (Å²) in [6.07, 6.45) is 0. The lowest BCUT2D eigenvalue weighted by Crippen LogP contribution is -2.50. The Kier molecular flexibility index (Phi) is 5.15. The number of nitrogens with one attached hydrogen (secondary N) is 1. The van der Waals surface area contributed by atoms with E-state index in [9.17, 15) is 4.39 Å². The van der Waals surface area contributed by atoms with E-state index < -0.39 is 0 Å². The van der Waals surface area contributed by atoms with Crippen molar-refractivity contribution in [3.63, 3.8) is 0 Å². The Morgan fingerprint density at radius 1 is 1.08 bits per heavy atom. The average Bonchev–Trinajstić information content (AvgIpc) is 2.62. The number of thiocarbonyl (C=S) groups is 1. The third kappa shape index (κ3) is 3.76. The third-order valence-corrected chi connectivity index (χ3v) is 4.44. The number of halogens is 1. The van der Waals surface area contributed by atoms with Gasteiger partial charge in [-0.3, -0.25) is 0 Å². The zero-order valence-corrected chi connectivity index (χ0v) is 14.4. The first kappa shape index (κ1) is 16.5. The lowest BCUT2D eigenvalue weighted by molar-refractivity contribution is 0.388. The summed E-state index contributed by atoms with van der Waals surface area (Å²) >= 11 is 5.50. The summed E-state index contributed by atoms with van der Waals surface area (Å²) in [6, 6.07) is 14.5. The van der Waals surface area contributed by atoms with Crippen molar-refractivity contribution in [3.8, 4) is 5.75 Å². The standard InChI is InChI=1S/C18H20FN3OS/c1-23-15-6-4-5-14(13-15)20-18(24)22-11-9-21(10-12-22)17-8-3-2-7-16(17)19/h2-8,13H,9-12H2,1H3,(H,20,24). The topological polar surface area (TPSA) is 27.7 Å². The Hall–Kier alpha value is -2.34. The first-order valence-corrected chi connectivity index (χ1v) is 8.27. The Bertz CT molecular complexity index is 717. The molecule has 1 aliphatic rings. The molecule has 2 aromatic rings. The summed E-state index contributed by atoms with van der Waals surface area (Å²) in [4.78, 5) is 4.16. The van der Waals surface area contributed by atoms with Crippen LogP contribution in [0.5, 0.6) is 5.75 Å². The van der Waals surface area contributed by atoms with Gasteiger partial charge in [0.2, 0.25) is 0 Å². The van der Waals surface area contributed by atoms with Gasteiger partial charge in [0.05, 0.1) is 12.8 Å². The van der Waals surface area contributed by atoms with Crippen molar-refractivity contribution in [2.45, 2.75) is 0 Å². The van der Waals surface area contributed by atoms with E-state index in [0.717, 1.165) is 37.6 Å². The van der Waals surface area contributed by atoms with Gasteiger partial charge in [0.15, 0.2) is 5.11 Å². The molecule has 0 spiro atoms. The molecule has 0 saturated carbocycles. The first-order chi connectivity index (χ1) is 11.7. The van der Waals surface area contributed by atoms with E-state index in [4.69, 9.17) is 17.0 Å². The number of piperazine rings is 1. The number of methoxy groups -OCH3 is 1. The van der Waals surface area contributed by atoms with Crippen molar-refractivity contribution in [3.05, 3.63) is 54.3 Å². The molecule has 0 unspecified atom stereocenters. The fourth-order valence-electron chi connectivity index (χ4n) is 2.76. The van der Waals surface area contributed by atoms with Crippen LogP contribution in [0.1, 0.15) is 0 Å². The molecule has 4 nitrogen and oxygen atoms in total. The average molecular weight is 345 g/mol. The second-order valence-corrected chi connectivity index (χ2v) is 5.97. The van der Waals surface area contributed by atoms with Crippen molar-refractivity contribution in [2.24, 2.45) is 0 Å². The molecule has 24 heavy (non-hydrogen) atoms. The van der Waals surface area contributed by atoms with Crippen molar-refractivity contribution >= 4 is 28.7 Å². The molecule has 1 saturated heterocycles. The molecule has 1 fully saturated rings. The molecule has 3 rings (SSSR count). The van der Waals surface area contributed by atoms with Crippen molar-refractivity contribution in [2.75, 3.05) is 43.5 Å². The van der Waals surface area contributed by atoms with Crippen molar-refractivity contribution in [1.82, 2.24) is 4.90 Å². The van der Waals surface area contributed by atoms with Crippen LogP contribution in [0.15, 0.2) is 48.5 Å². The fraction of sp³-hybridized carbons (Fsp3) is 0.278. The molecule has 0 amide bonds. The van der Waals surface area contributed by atoms with Crippen LogP contribution < -0.4 is 15.0 Å². The number of para-hydroxylation sites is 1. The quantitative estimate of drug-likeness (QED) is 0.861. The van der Waals surface area contributed by atoms with Crippen LogP contribution in [-0.2, 0) is 0 Å². The highest BCUT2D eigenvalue weighted by molar-refractivity contribution is 7.80. The number of hydrogen-bond donors (Lipinski definition) is 1. The lowest BCUT2D eigenvalue weighted by atomic mass is 10.2. The molecule has 0 radical (unpaired) electrons.